The van der Waals surface area contributed by atoms with Gasteiger partial charge in [0, 0.05) is 12.5 Å². The summed E-state index contributed by atoms with van der Waals surface area (Å²) in [4.78, 5) is 11.2. The Morgan fingerprint density at radius 1 is 1.58 bits per heavy atom. The van der Waals surface area contributed by atoms with Gasteiger partial charge in [0.15, 0.2) is 5.78 Å². The molecule has 0 radical (unpaired) electrons. The van der Waals surface area contributed by atoms with Crippen molar-refractivity contribution in [1.29, 1.82) is 0 Å². The maximum atomic E-state index is 11.2. The number of carbonyl (C=O) groups is 1. The van der Waals surface area contributed by atoms with Gasteiger partial charge in [0.2, 0.25) is 0 Å². The van der Waals surface area contributed by atoms with E-state index in [1.807, 2.05) is 6.92 Å². The average Bonchev–Trinajstić information content (AvgIpc) is 1.99. The van der Waals surface area contributed by atoms with Crippen molar-refractivity contribution in [2.75, 3.05) is 6.54 Å². The fourth-order valence-electron chi connectivity index (χ4n) is 0.831. The van der Waals surface area contributed by atoms with Crippen LogP contribution in [0.2, 0.25) is 0 Å². The van der Waals surface area contributed by atoms with Crippen molar-refractivity contribution in [3.8, 4) is 0 Å². The van der Waals surface area contributed by atoms with E-state index in [0.717, 1.165) is 12.0 Å². The minimum Gasteiger partial charge on any atom is -0.307 e. The predicted molar refractivity (Wildman–Crippen MR) is 52.2 cm³/mol. The molecule has 12 heavy (non-hydrogen) atoms. The Kier molecular flexibility index (Phi) is 5.64. The minimum absolute atomic E-state index is 0.225. The fraction of sp³-hybridized carbons (Fsp3) is 0.700. The highest BCUT2D eigenvalue weighted by Gasteiger charge is 2.03. The van der Waals surface area contributed by atoms with Crippen LogP contribution in [0.25, 0.3) is 0 Å². The van der Waals surface area contributed by atoms with Crippen molar-refractivity contribution in [2.24, 2.45) is 0 Å². The van der Waals surface area contributed by atoms with Crippen molar-refractivity contribution >= 4 is 5.78 Å². The smallest absolute Gasteiger partial charge is 0.150 e. The summed E-state index contributed by atoms with van der Waals surface area (Å²) in [6.45, 7) is 10.2. The topological polar surface area (TPSA) is 29.1 Å². The fourth-order valence-corrected chi connectivity index (χ4v) is 0.831. The van der Waals surface area contributed by atoms with Gasteiger partial charge in [-0.25, -0.2) is 0 Å². The third kappa shape index (κ3) is 6.10. The molecule has 0 bridgehead atoms. The van der Waals surface area contributed by atoms with Gasteiger partial charge in [-0.1, -0.05) is 19.1 Å². The van der Waals surface area contributed by atoms with E-state index >= 15 is 0 Å². The van der Waals surface area contributed by atoms with Crippen molar-refractivity contribution < 1.29 is 4.79 Å². The van der Waals surface area contributed by atoms with E-state index in [9.17, 15) is 4.79 Å². The summed E-state index contributed by atoms with van der Waals surface area (Å²) in [5.41, 5.74) is 0.936. The average molecular weight is 169 g/mol. The van der Waals surface area contributed by atoms with Crippen LogP contribution < -0.4 is 5.32 Å². The molecule has 0 heterocycles. The SMILES string of the molecule is C=C(C)CC(=O)CNC(C)CC. The highest BCUT2D eigenvalue weighted by atomic mass is 16.1. The van der Waals surface area contributed by atoms with Crippen LogP contribution in [0.1, 0.15) is 33.6 Å². The van der Waals surface area contributed by atoms with E-state index < -0.39 is 0 Å². The molecule has 70 valence electrons. The maximum Gasteiger partial charge on any atom is 0.150 e. The van der Waals surface area contributed by atoms with Gasteiger partial charge in [-0.2, -0.15) is 0 Å². The predicted octanol–water partition coefficient (Wildman–Crippen LogP) is 1.91. The highest BCUT2D eigenvalue weighted by Crippen LogP contribution is 1.96. The first-order valence-electron chi connectivity index (χ1n) is 4.45. The van der Waals surface area contributed by atoms with Gasteiger partial charge >= 0.3 is 0 Å². The number of carbonyl (C=O) groups excluding carboxylic acids is 1. The Hall–Kier alpha value is -0.630. The first-order chi connectivity index (χ1) is 5.56. The van der Waals surface area contributed by atoms with E-state index in [-0.39, 0.29) is 5.78 Å². The van der Waals surface area contributed by atoms with Crippen LogP contribution in [0.15, 0.2) is 12.2 Å². The van der Waals surface area contributed by atoms with E-state index in [4.69, 9.17) is 0 Å². The largest absolute Gasteiger partial charge is 0.307 e. The lowest BCUT2D eigenvalue weighted by molar-refractivity contribution is -0.117. The maximum absolute atomic E-state index is 11.2. The van der Waals surface area contributed by atoms with E-state index in [0.29, 0.717) is 19.0 Å². The first-order valence-corrected chi connectivity index (χ1v) is 4.45. The summed E-state index contributed by atoms with van der Waals surface area (Å²) in [7, 11) is 0. The molecule has 0 rings (SSSR count). The summed E-state index contributed by atoms with van der Waals surface area (Å²) >= 11 is 0. The Morgan fingerprint density at radius 3 is 2.58 bits per heavy atom. The van der Waals surface area contributed by atoms with Gasteiger partial charge in [-0.05, 0) is 20.3 Å². The molecule has 1 atom stereocenters. The third-order valence-corrected chi connectivity index (χ3v) is 1.76. The second-order valence-corrected chi connectivity index (χ2v) is 3.36. The normalized spacial score (nSPS) is 12.6. The van der Waals surface area contributed by atoms with Crippen molar-refractivity contribution in [3.05, 3.63) is 12.2 Å². The number of ketones is 1. The molecule has 0 aromatic rings. The molecule has 1 unspecified atom stereocenters. The number of hydrogen-bond acceptors (Lipinski definition) is 2. The number of allylic oxidation sites excluding steroid dienone is 1. The molecule has 0 aliphatic carbocycles. The number of rotatable bonds is 6. The van der Waals surface area contributed by atoms with Crippen LogP contribution in [-0.2, 0) is 4.79 Å². The molecule has 0 fully saturated rings. The molecule has 2 heteroatoms. The van der Waals surface area contributed by atoms with Crippen molar-refractivity contribution in [3.63, 3.8) is 0 Å². The van der Waals surface area contributed by atoms with Crippen LogP contribution in [0, 0.1) is 0 Å². The summed E-state index contributed by atoms with van der Waals surface area (Å²) in [6.07, 6.45) is 1.56. The van der Waals surface area contributed by atoms with E-state index in [1.165, 1.54) is 0 Å². The van der Waals surface area contributed by atoms with Crippen molar-refractivity contribution in [2.45, 2.75) is 39.7 Å². The van der Waals surface area contributed by atoms with Gasteiger partial charge in [-0.3, -0.25) is 4.79 Å². The molecule has 0 aromatic carbocycles. The number of nitrogens with one attached hydrogen (secondary N) is 1. The molecular weight excluding hydrogens is 150 g/mol. The van der Waals surface area contributed by atoms with Crippen molar-refractivity contribution in [1.82, 2.24) is 5.32 Å². The molecule has 0 spiro atoms. The lowest BCUT2D eigenvalue weighted by atomic mass is 10.1. The summed E-state index contributed by atoms with van der Waals surface area (Å²) < 4.78 is 0. The Balaban J connectivity index is 3.50. The second kappa shape index (κ2) is 5.95. The summed E-state index contributed by atoms with van der Waals surface area (Å²) in [6, 6.07) is 0.430. The monoisotopic (exact) mass is 169 g/mol. The summed E-state index contributed by atoms with van der Waals surface area (Å²) in [5.74, 6) is 0.225. The van der Waals surface area contributed by atoms with Crippen LogP contribution >= 0.6 is 0 Å². The number of hydrogen-bond donors (Lipinski definition) is 1. The van der Waals surface area contributed by atoms with Crippen LogP contribution in [-0.4, -0.2) is 18.4 Å². The van der Waals surface area contributed by atoms with Crippen LogP contribution in [0.5, 0.6) is 0 Å². The molecule has 0 amide bonds. The van der Waals surface area contributed by atoms with Gasteiger partial charge in [0.1, 0.15) is 0 Å². The lowest BCUT2D eigenvalue weighted by Crippen LogP contribution is -2.30. The van der Waals surface area contributed by atoms with E-state index in [2.05, 4.69) is 25.7 Å². The lowest BCUT2D eigenvalue weighted by Gasteiger charge is -2.09. The second-order valence-electron chi connectivity index (χ2n) is 3.36. The Morgan fingerprint density at radius 2 is 2.17 bits per heavy atom. The first kappa shape index (κ1) is 11.4. The standard InChI is InChI=1S/C10H19NO/c1-5-9(4)11-7-10(12)6-8(2)3/h9,11H,2,5-7H2,1,3-4H3. The number of Topliss-reactive ketones (excluding diaryl/α,β-unsaturated/α-hetero) is 1. The van der Waals surface area contributed by atoms with Gasteiger partial charge < -0.3 is 5.32 Å². The molecular formula is C10H19NO. The van der Waals surface area contributed by atoms with E-state index in [1.54, 1.807) is 0 Å². The molecule has 1 N–H and O–H groups in total. The molecule has 0 aromatic heterocycles. The van der Waals surface area contributed by atoms with Gasteiger partial charge in [-0.15, -0.1) is 0 Å². The Labute approximate surface area is 75.0 Å². The van der Waals surface area contributed by atoms with Crippen LogP contribution in [0.3, 0.4) is 0 Å². The summed E-state index contributed by atoms with van der Waals surface area (Å²) in [5, 5.41) is 3.15. The van der Waals surface area contributed by atoms with Crippen LogP contribution in [0.4, 0.5) is 0 Å². The Bertz CT molecular complexity index is 163. The highest BCUT2D eigenvalue weighted by molar-refractivity contribution is 5.82. The van der Waals surface area contributed by atoms with Gasteiger partial charge in [0.05, 0.1) is 6.54 Å². The molecule has 0 aliphatic rings. The third-order valence-electron chi connectivity index (χ3n) is 1.76. The molecule has 2 nitrogen and oxygen atoms in total. The molecule has 0 saturated carbocycles. The zero-order chi connectivity index (χ0) is 9.56. The van der Waals surface area contributed by atoms with Gasteiger partial charge in [0.25, 0.3) is 0 Å². The quantitative estimate of drug-likeness (QED) is 0.615. The minimum atomic E-state index is 0.225. The molecule has 0 aliphatic heterocycles. The molecule has 0 saturated heterocycles. The zero-order valence-corrected chi connectivity index (χ0v) is 8.31. The zero-order valence-electron chi connectivity index (χ0n) is 8.31.